The third-order valence-corrected chi connectivity index (χ3v) is 2.30. The molecule has 0 fully saturated rings. The number of thioether (sulfide) groups is 1. The van der Waals surface area contributed by atoms with E-state index in [2.05, 4.69) is 10.3 Å². The quantitative estimate of drug-likeness (QED) is 0.218. The minimum absolute atomic E-state index is 0.159. The van der Waals surface area contributed by atoms with Gasteiger partial charge < -0.3 is 0 Å². The molecule has 0 aliphatic heterocycles. The van der Waals surface area contributed by atoms with Crippen LogP contribution >= 0.6 is 11.8 Å². The molecule has 0 spiro atoms. The Balaban J connectivity index is 3.17. The van der Waals surface area contributed by atoms with Gasteiger partial charge >= 0.3 is 0 Å². The number of rotatable bonds is 2. The van der Waals surface area contributed by atoms with E-state index in [1.54, 1.807) is 12.4 Å². The molecular weight excluding hydrogens is 247 g/mol. The summed E-state index contributed by atoms with van der Waals surface area (Å²) in [6, 6.07) is 3.01. The number of nitro benzene ring substituents is 1. The molecule has 0 heterocycles. The summed E-state index contributed by atoms with van der Waals surface area (Å²) in [6.45, 7) is 0. The van der Waals surface area contributed by atoms with Crippen molar-refractivity contribution >= 4 is 28.3 Å². The van der Waals surface area contributed by atoms with Gasteiger partial charge in [-0.05, 0) is 12.3 Å². The average Bonchev–Trinajstić information content (AvgIpc) is 2.30. The van der Waals surface area contributed by atoms with Crippen molar-refractivity contribution in [3.8, 4) is 6.19 Å². The number of nitrogens with zero attached hydrogens (tertiary/aromatic N) is 3. The van der Waals surface area contributed by atoms with Gasteiger partial charge in [0, 0.05) is 12.1 Å². The number of aliphatic imine (C=N–C) groups is 1. The molecular formula is C9H7FN4O2S. The highest BCUT2D eigenvalue weighted by Gasteiger charge is 2.10. The van der Waals surface area contributed by atoms with Crippen molar-refractivity contribution in [1.29, 1.82) is 5.26 Å². The van der Waals surface area contributed by atoms with Crippen LogP contribution in [0.3, 0.4) is 0 Å². The fraction of sp³-hybridized carbons (Fsp3) is 0.111. The molecule has 0 bridgehead atoms. The van der Waals surface area contributed by atoms with Crippen LogP contribution in [0.25, 0.3) is 0 Å². The minimum Gasteiger partial charge on any atom is -0.271 e. The zero-order chi connectivity index (χ0) is 12.8. The first-order valence-corrected chi connectivity index (χ1v) is 5.52. The SMILES string of the molecule is CSC(=Nc1cc([N+](=O)[O-])ccc1F)NC#N. The highest BCUT2D eigenvalue weighted by molar-refractivity contribution is 8.13. The van der Waals surface area contributed by atoms with Crippen LogP contribution in [0.2, 0.25) is 0 Å². The van der Waals surface area contributed by atoms with E-state index >= 15 is 0 Å². The molecule has 0 aromatic heterocycles. The standard InChI is InChI=1S/C9H7FN4O2S/c1-17-9(12-5-11)13-8-4-6(14(15)16)2-3-7(8)10/h2-4H,1H3,(H,12,13). The molecule has 17 heavy (non-hydrogen) atoms. The zero-order valence-corrected chi connectivity index (χ0v) is 9.49. The lowest BCUT2D eigenvalue weighted by Crippen LogP contribution is -2.12. The second kappa shape index (κ2) is 5.81. The van der Waals surface area contributed by atoms with Gasteiger partial charge in [0.1, 0.15) is 11.5 Å². The summed E-state index contributed by atoms with van der Waals surface area (Å²) < 4.78 is 13.3. The molecule has 88 valence electrons. The van der Waals surface area contributed by atoms with Gasteiger partial charge in [0.25, 0.3) is 5.69 Å². The summed E-state index contributed by atoms with van der Waals surface area (Å²) in [4.78, 5) is 13.6. The minimum atomic E-state index is -0.693. The van der Waals surface area contributed by atoms with E-state index in [1.165, 1.54) is 0 Å². The summed E-state index contributed by atoms with van der Waals surface area (Å²) in [7, 11) is 0. The number of nitro groups is 1. The lowest BCUT2D eigenvalue weighted by atomic mass is 10.3. The Hall–Kier alpha value is -2.14. The predicted octanol–water partition coefficient (Wildman–Crippen LogP) is 2.16. The maximum Gasteiger partial charge on any atom is 0.271 e. The van der Waals surface area contributed by atoms with Gasteiger partial charge in [-0.25, -0.2) is 9.38 Å². The number of halogens is 1. The molecule has 8 heteroatoms. The maximum absolute atomic E-state index is 13.3. The van der Waals surface area contributed by atoms with E-state index in [0.29, 0.717) is 0 Å². The summed E-state index contributed by atoms with van der Waals surface area (Å²) >= 11 is 1.09. The van der Waals surface area contributed by atoms with Crippen molar-refractivity contribution in [2.24, 2.45) is 4.99 Å². The van der Waals surface area contributed by atoms with Crippen molar-refractivity contribution in [1.82, 2.24) is 5.32 Å². The molecule has 0 saturated heterocycles. The van der Waals surface area contributed by atoms with Gasteiger partial charge in [-0.3, -0.25) is 15.4 Å². The Morgan fingerprint density at radius 2 is 2.41 bits per heavy atom. The molecule has 0 saturated carbocycles. The molecule has 0 radical (unpaired) electrons. The van der Waals surface area contributed by atoms with Crippen LogP contribution in [0.4, 0.5) is 15.8 Å². The summed E-state index contributed by atoms with van der Waals surface area (Å²) in [5.74, 6) is -0.693. The molecule has 0 amide bonds. The maximum atomic E-state index is 13.3. The van der Waals surface area contributed by atoms with Crippen molar-refractivity contribution in [2.45, 2.75) is 0 Å². The van der Waals surface area contributed by atoms with Crippen LogP contribution in [0.1, 0.15) is 0 Å². The highest BCUT2D eigenvalue weighted by atomic mass is 32.2. The Morgan fingerprint density at radius 1 is 1.71 bits per heavy atom. The van der Waals surface area contributed by atoms with Crippen LogP contribution in [0.5, 0.6) is 0 Å². The lowest BCUT2D eigenvalue weighted by molar-refractivity contribution is -0.384. The van der Waals surface area contributed by atoms with E-state index in [4.69, 9.17) is 5.26 Å². The largest absolute Gasteiger partial charge is 0.271 e. The molecule has 0 atom stereocenters. The summed E-state index contributed by atoms with van der Waals surface area (Å²) in [5, 5.41) is 21.3. The molecule has 0 aliphatic carbocycles. The number of hydrogen-bond acceptors (Lipinski definition) is 5. The molecule has 1 rings (SSSR count). The number of non-ortho nitro benzene ring substituents is 1. The Labute approximate surface area is 100 Å². The lowest BCUT2D eigenvalue weighted by Gasteiger charge is -2.01. The van der Waals surface area contributed by atoms with E-state index < -0.39 is 10.7 Å². The van der Waals surface area contributed by atoms with Gasteiger partial charge in [0.15, 0.2) is 11.4 Å². The summed E-state index contributed by atoms with van der Waals surface area (Å²) in [6.07, 6.45) is 3.28. The normalized spacial score (nSPS) is 10.8. The van der Waals surface area contributed by atoms with Crippen LogP contribution in [-0.2, 0) is 0 Å². The second-order valence-electron chi connectivity index (χ2n) is 2.75. The monoisotopic (exact) mass is 254 g/mol. The first-order chi connectivity index (χ1) is 8.08. The third kappa shape index (κ3) is 3.42. The van der Waals surface area contributed by atoms with Gasteiger partial charge in [-0.2, -0.15) is 5.26 Å². The zero-order valence-electron chi connectivity index (χ0n) is 8.68. The Bertz CT molecular complexity index is 512. The predicted molar refractivity (Wildman–Crippen MR) is 62.4 cm³/mol. The number of nitriles is 1. The van der Waals surface area contributed by atoms with E-state index in [0.717, 1.165) is 30.0 Å². The first-order valence-electron chi connectivity index (χ1n) is 4.30. The number of benzene rings is 1. The first kappa shape index (κ1) is 12.9. The molecule has 0 aliphatic rings. The molecule has 1 N–H and O–H groups in total. The van der Waals surface area contributed by atoms with Crippen LogP contribution in [0, 0.1) is 27.4 Å². The Morgan fingerprint density at radius 3 is 2.94 bits per heavy atom. The van der Waals surface area contributed by atoms with Crippen molar-refractivity contribution in [3.05, 3.63) is 34.1 Å². The third-order valence-electron chi connectivity index (χ3n) is 1.72. The molecule has 0 unspecified atom stereocenters. The van der Waals surface area contributed by atoms with E-state index in [-0.39, 0.29) is 16.5 Å². The van der Waals surface area contributed by atoms with Crippen LogP contribution in [0.15, 0.2) is 23.2 Å². The van der Waals surface area contributed by atoms with Crippen molar-refractivity contribution in [3.63, 3.8) is 0 Å². The molecule has 6 nitrogen and oxygen atoms in total. The number of nitrogens with one attached hydrogen (secondary N) is 1. The van der Waals surface area contributed by atoms with Crippen LogP contribution in [-0.4, -0.2) is 16.3 Å². The Kier molecular flexibility index (Phi) is 4.42. The number of hydrogen-bond donors (Lipinski definition) is 1. The fourth-order valence-electron chi connectivity index (χ4n) is 0.982. The fourth-order valence-corrected chi connectivity index (χ4v) is 1.32. The van der Waals surface area contributed by atoms with Crippen LogP contribution < -0.4 is 5.32 Å². The molecule has 1 aromatic carbocycles. The van der Waals surface area contributed by atoms with Gasteiger partial charge in [0.05, 0.1) is 4.92 Å². The highest BCUT2D eigenvalue weighted by Crippen LogP contribution is 2.24. The molecule has 1 aromatic rings. The topological polar surface area (TPSA) is 91.3 Å². The average molecular weight is 254 g/mol. The smallest absolute Gasteiger partial charge is 0.271 e. The second-order valence-corrected chi connectivity index (χ2v) is 3.55. The van der Waals surface area contributed by atoms with Gasteiger partial charge in [0.2, 0.25) is 0 Å². The number of amidine groups is 1. The van der Waals surface area contributed by atoms with E-state index in [1.807, 2.05) is 0 Å². The summed E-state index contributed by atoms with van der Waals surface area (Å²) in [5.41, 5.74) is -0.450. The van der Waals surface area contributed by atoms with Crippen molar-refractivity contribution in [2.75, 3.05) is 6.26 Å². The van der Waals surface area contributed by atoms with Gasteiger partial charge in [-0.15, -0.1) is 0 Å². The van der Waals surface area contributed by atoms with Crippen molar-refractivity contribution < 1.29 is 9.31 Å². The van der Waals surface area contributed by atoms with Gasteiger partial charge in [-0.1, -0.05) is 11.8 Å². The van der Waals surface area contributed by atoms with E-state index in [9.17, 15) is 14.5 Å².